The summed E-state index contributed by atoms with van der Waals surface area (Å²) in [5.41, 5.74) is 7.33. The second kappa shape index (κ2) is 7.05. The highest BCUT2D eigenvalue weighted by Crippen LogP contribution is 2.20. The van der Waals surface area contributed by atoms with Crippen molar-refractivity contribution >= 4 is 21.4 Å². The first-order valence-corrected chi connectivity index (χ1v) is 9.53. The van der Waals surface area contributed by atoms with Gasteiger partial charge in [0, 0.05) is 30.1 Å². The molecule has 0 aromatic heterocycles. The van der Waals surface area contributed by atoms with Gasteiger partial charge in [0.25, 0.3) is 5.91 Å². The molecule has 0 radical (unpaired) electrons. The van der Waals surface area contributed by atoms with Crippen molar-refractivity contribution in [2.45, 2.75) is 31.3 Å². The van der Waals surface area contributed by atoms with Gasteiger partial charge in [-0.2, -0.15) is 0 Å². The number of anilines is 1. The smallest absolute Gasteiger partial charge is 0.254 e. The van der Waals surface area contributed by atoms with Crippen molar-refractivity contribution in [1.82, 2.24) is 4.90 Å². The molecule has 2 aromatic rings. The van der Waals surface area contributed by atoms with Gasteiger partial charge in [-0.05, 0) is 37.6 Å². The fourth-order valence-electron chi connectivity index (χ4n) is 2.39. The first kappa shape index (κ1) is 18.0. The minimum absolute atomic E-state index is 0.0409. The van der Waals surface area contributed by atoms with E-state index in [0.717, 1.165) is 11.8 Å². The summed E-state index contributed by atoms with van der Waals surface area (Å²) >= 11 is 0. The molecule has 0 saturated heterocycles. The predicted octanol–water partition coefficient (Wildman–Crippen LogP) is 2.72. The molecule has 0 heterocycles. The molecule has 0 fully saturated rings. The van der Waals surface area contributed by atoms with Crippen LogP contribution in [-0.2, 0) is 16.4 Å². The average Bonchev–Trinajstić information content (AvgIpc) is 2.51. The minimum atomic E-state index is -3.44. The lowest BCUT2D eigenvalue weighted by atomic mass is 10.1. The molecule has 128 valence electrons. The molecule has 5 nitrogen and oxygen atoms in total. The van der Waals surface area contributed by atoms with Crippen LogP contribution in [0.25, 0.3) is 0 Å². The number of hydrogen-bond acceptors (Lipinski definition) is 4. The van der Waals surface area contributed by atoms with E-state index in [1.807, 2.05) is 44.2 Å². The Morgan fingerprint density at radius 2 is 1.75 bits per heavy atom. The fraction of sp³-hybridized carbons (Fsp3) is 0.278. The molecule has 2 aromatic carbocycles. The van der Waals surface area contributed by atoms with Gasteiger partial charge < -0.3 is 10.6 Å². The Labute approximate surface area is 143 Å². The predicted molar refractivity (Wildman–Crippen MR) is 95.4 cm³/mol. The van der Waals surface area contributed by atoms with E-state index in [-0.39, 0.29) is 28.1 Å². The first-order chi connectivity index (χ1) is 11.2. The summed E-state index contributed by atoms with van der Waals surface area (Å²) in [4.78, 5) is 14.6. The largest absolute Gasteiger partial charge is 0.399 e. The molecule has 0 bridgehead atoms. The Morgan fingerprint density at radius 3 is 2.29 bits per heavy atom. The number of rotatable bonds is 5. The first-order valence-electron chi connectivity index (χ1n) is 7.64. The number of hydrogen-bond donors (Lipinski definition) is 1. The van der Waals surface area contributed by atoms with Gasteiger partial charge in [0.2, 0.25) is 0 Å². The summed E-state index contributed by atoms with van der Waals surface area (Å²) in [6, 6.07) is 13.9. The molecule has 24 heavy (non-hydrogen) atoms. The van der Waals surface area contributed by atoms with Gasteiger partial charge in [-0.15, -0.1) is 0 Å². The topological polar surface area (TPSA) is 80.5 Å². The molecule has 0 aliphatic rings. The van der Waals surface area contributed by atoms with Crippen LogP contribution in [0.3, 0.4) is 0 Å². The normalized spacial score (nSPS) is 11.5. The van der Waals surface area contributed by atoms with Gasteiger partial charge >= 0.3 is 0 Å². The Hall–Kier alpha value is -2.34. The lowest BCUT2D eigenvalue weighted by Crippen LogP contribution is -2.36. The van der Waals surface area contributed by atoms with Gasteiger partial charge in [0.05, 0.1) is 4.90 Å². The Balaban J connectivity index is 2.39. The van der Waals surface area contributed by atoms with Crippen molar-refractivity contribution in [3.8, 4) is 0 Å². The van der Waals surface area contributed by atoms with Crippen LogP contribution in [0.15, 0.2) is 53.4 Å². The lowest BCUT2D eigenvalue weighted by molar-refractivity contribution is 0.0690. The van der Waals surface area contributed by atoms with Crippen LogP contribution in [0.1, 0.15) is 29.8 Å². The lowest BCUT2D eigenvalue weighted by Gasteiger charge is -2.27. The maximum Gasteiger partial charge on any atom is 0.254 e. The van der Waals surface area contributed by atoms with Gasteiger partial charge in [0.1, 0.15) is 0 Å². The molecular weight excluding hydrogens is 324 g/mol. The monoisotopic (exact) mass is 346 g/mol. The number of carbonyl (C=O) groups is 1. The van der Waals surface area contributed by atoms with Gasteiger partial charge in [-0.3, -0.25) is 4.79 Å². The molecule has 1 amide bonds. The van der Waals surface area contributed by atoms with Crippen molar-refractivity contribution < 1.29 is 13.2 Å². The van der Waals surface area contributed by atoms with Crippen LogP contribution in [0.5, 0.6) is 0 Å². The van der Waals surface area contributed by atoms with Gasteiger partial charge in [-0.1, -0.05) is 30.3 Å². The van der Waals surface area contributed by atoms with E-state index < -0.39 is 9.84 Å². The van der Waals surface area contributed by atoms with E-state index in [4.69, 9.17) is 5.73 Å². The Morgan fingerprint density at radius 1 is 1.12 bits per heavy atom. The molecule has 0 spiro atoms. The second-order valence-corrected chi connectivity index (χ2v) is 8.09. The molecule has 2 rings (SSSR count). The summed E-state index contributed by atoms with van der Waals surface area (Å²) in [5.74, 6) is -0.244. The van der Waals surface area contributed by atoms with Crippen molar-refractivity contribution in [3.63, 3.8) is 0 Å². The summed E-state index contributed by atoms with van der Waals surface area (Å²) in [5, 5.41) is 0. The molecule has 0 aliphatic carbocycles. The van der Waals surface area contributed by atoms with E-state index in [0.29, 0.717) is 6.54 Å². The van der Waals surface area contributed by atoms with Crippen molar-refractivity contribution in [1.29, 1.82) is 0 Å². The van der Waals surface area contributed by atoms with E-state index in [9.17, 15) is 13.2 Å². The zero-order valence-corrected chi connectivity index (χ0v) is 14.9. The summed E-state index contributed by atoms with van der Waals surface area (Å²) < 4.78 is 23.5. The van der Waals surface area contributed by atoms with Crippen LogP contribution >= 0.6 is 0 Å². The van der Waals surface area contributed by atoms with E-state index in [1.54, 1.807) is 4.90 Å². The van der Waals surface area contributed by atoms with Gasteiger partial charge in [0.15, 0.2) is 9.84 Å². The second-order valence-electron chi connectivity index (χ2n) is 6.08. The molecule has 0 unspecified atom stereocenters. The van der Waals surface area contributed by atoms with Crippen LogP contribution in [0.4, 0.5) is 5.69 Å². The number of nitrogen functional groups attached to an aromatic ring is 1. The average molecular weight is 346 g/mol. The number of benzene rings is 2. The van der Waals surface area contributed by atoms with Crippen LogP contribution in [0, 0.1) is 0 Å². The van der Waals surface area contributed by atoms with Crippen LogP contribution < -0.4 is 5.73 Å². The van der Waals surface area contributed by atoms with Gasteiger partial charge in [-0.25, -0.2) is 8.42 Å². The summed E-state index contributed by atoms with van der Waals surface area (Å²) in [6.45, 7) is 4.29. The fourth-order valence-corrected chi connectivity index (χ4v) is 3.09. The van der Waals surface area contributed by atoms with Crippen molar-refractivity contribution in [2.24, 2.45) is 0 Å². The molecule has 6 heteroatoms. The quantitative estimate of drug-likeness (QED) is 0.844. The third kappa shape index (κ3) is 4.35. The number of sulfone groups is 1. The molecule has 0 atom stereocenters. The van der Waals surface area contributed by atoms with Crippen molar-refractivity contribution in [3.05, 3.63) is 59.7 Å². The standard InChI is InChI=1S/C18H22N2O3S/c1-13(2)20(12-14-7-5-4-6-8-14)18(21)15-9-16(19)11-17(10-15)24(3,22)23/h4-11,13H,12,19H2,1-3H3. The van der Waals surface area contributed by atoms with E-state index >= 15 is 0 Å². The summed E-state index contributed by atoms with van der Waals surface area (Å²) in [7, 11) is -3.44. The molecule has 0 saturated carbocycles. The number of nitrogens with two attached hydrogens (primary N) is 1. The Bertz CT molecular complexity index is 831. The zero-order chi connectivity index (χ0) is 17.9. The Kier molecular flexibility index (Phi) is 5.29. The summed E-state index contributed by atoms with van der Waals surface area (Å²) in [6.07, 6.45) is 1.10. The number of nitrogens with zero attached hydrogens (tertiary/aromatic N) is 1. The zero-order valence-electron chi connectivity index (χ0n) is 14.1. The van der Waals surface area contributed by atoms with Crippen LogP contribution in [0.2, 0.25) is 0 Å². The molecular formula is C18H22N2O3S. The maximum atomic E-state index is 12.9. The minimum Gasteiger partial charge on any atom is -0.399 e. The SMILES string of the molecule is CC(C)N(Cc1ccccc1)C(=O)c1cc(N)cc(S(C)(=O)=O)c1. The van der Waals surface area contributed by atoms with Crippen LogP contribution in [-0.4, -0.2) is 31.5 Å². The molecule has 0 aliphatic heterocycles. The third-order valence-corrected chi connectivity index (χ3v) is 4.78. The van der Waals surface area contributed by atoms with Crippen molar-refractivity contribution in [2.75, 3.05) is 12.0 Å². The third-order valence-electron chi connectivity index (χ3n) is 3.68. The van der Waals surface area contributed by atoms with E-state index in [2.05, 4.69) is 0 Å². The highest BCUT2D eigenvalue weighted by atomic mass is 32.2. The van der Waals surface area contributed by atoms with E-state index in [1.165, 1.54) is 18.2 Å². The highest BCUT2D eigenvalue weighted by molar-refractivity contribution is 7.90. The highest BCUT2D eigenvalue weighted by Gasteiger charge is 2.21. The maximum absolute atomic E-state index is 12.9. The molecule has 2 N–H and O–H groups in total. The number of amides is 1. The number of carbonyl (C=O) groups excluding carboxylic acids is 1.